The maximum Gasteiger partial charge on any atom is 0.343 e. The van der Waals surface area contributed by atoms with Crippen molar-refractivity contribution in [1.29, 1.82) is 0 Å². The number of non-ortho nitro benzene ring substituents is 1. The number of hydrogen-bond donors (Lipinski definition) is 1. The van der Waals surface area contributed by atoms with Crippen LogP contribution in [0.25, 0.3) is 11.3 Å². The lowest BCUT2D eigenvalue weighted by Gasteiger charge is -2.10. The third kappa shape index (κ3) is 5.68. The van der Waals surface area contributed by atoms with Gasteiger partial charge in [-0.3, -0.25) is 15.5 Å². The van der Waals surface area contributed by atoms with Crippen LogP contribution in [0.2, 0.25) is 0 Å². The number of nitro groups is 1. The summed E-state index contributed by atoms with van der Waals surface area (Å²) in [5.74, 6) is -0.112. The molecule has 4 rings (SSSR count). The highest BCUT2D eigenvalue weighted by Gasteiger charge is 2.15. The number of ether oxygens (including phenoxy) is 2. The van der Waals surface area contributed by atoms with Gasteiger partial charge in [0.15, 0.2) is 11.5 Å². The lowest BCUT2D eigenvalue weighted by molar-refractivity contribution is -0.384. The van der Waals surface area contributed by atoms with E-state index in [2.05, 4.69) is 15.5 Å². The smallest absolute Gasteiger partial charge is 0.343 e. The van der Waals surface area contributed by atoms with E-state index in [9.17, 15) is 14.9 Å². The van der Waals surface area contributed by atoms with Gasteiger partial charge in [-0.05, 0) is 42.8 Å². The summed E-state index contributed by atoms with van der Waals surface area (Å²) in [5.41, 5.74) is 5.68. The molecule has 1 N–H and O–H groups in total. The molecule has 0 saturated heterocycles. The average Bonchev–Trinajstić information content (AvgIpc) is 3.25. The van der Waals surface area contributed by atoms with Gasteiger partial charge in [-0.1, -0.05) is 30.3 Å². The molecule has 4 aromatic rings. The van der Waals surface area contributed by atoms with E-state index in [1.54, 1.807) is 24.4 Å². The molecule has 0 fully saturated rings. The number of methoxy groups -OCH3 is 1. The zero-order chi connectivity index (χ0) is 24.8. The second kappa shape index (κ2) is 10.6. The molecule has 0 spiro atoms. The van der Waals surface area contributed by atoms with Gasteiger partial charge in [0.25, 0.3) is 5.69 Å². The van der Waals surface area contributed by atoms with Crippen LogP contribution in [-0.2, 0) is 0 Å². The van der Waals surface area contributed by atoms with E-state index in [1.807, 2.05) is 37.3 Å². The maximum atomic E-state index is 12.4. The molecule has 0 radical (unpaired) electrons. The van der Waals surface area contributed by atoms with Crippen LogP contribution < -0.4 is 14.9 Å². The van der Waals surface area contributed by atoms with Crippen molar-refractivity contribution in [2.24, 2.45) is 5.10 Å². The molecule has 0 aliphatic heterocycles. The topological polar surface area (TPSA) is 116 Å². The molecule has 0 aliphatic carbocycles. The van der Waals surface area contributed by atoms with E-state index in [-0.39, 0.29) is 17.0 Å². The van der Waals surface area contributed by atoms with E-state index in [0.717, 1.165) is 16.1 Å². The summed E-state index contributed by atoms with van der Waals surface area (Å²) in [4.78, 5) is 28.3. The minimum Gasteiger partial charge on any atom is -0.493 e. The number of nitrogens with one attached hydrogen (secondary N) is 1. The zero-order valence-corrected chi connectivity index (χ0v) is 19.6. The van der Waals surface area contributed by atoms with E-state index in [1.165, 1.54) is 42.7 Å². The Morgan fingerprint density at radius 3 is 2.51 bits per heavy atom. The van der Waals surface area contributed by atoms with Crippen LogP contribution in [-0.4, -0.2) is 29.2 Å². The Balaban J connectivity index is 1.43. The van der Waals surface area contributed by atoms with Crippen molar-refractivity contribution in [2.45, 2.75) is 6.92 Å². The molecule has 3 aromatic carbocycles. The Hall–Kier alpha value is -4.57. The number of nitro benzene ring substituents is 1. The molecular formula is C25H20N4O5S. The third-order valence-corrected chi connectivity index (χ3v) is 5.80. The third-order valence-electron chi connectivity index (χ3n) is 4.92. The Bertz CT molecular complexity index is 1380. The van der Waals surface area contributed by atoms with Crippen molar-refractivity contribution in [3.63, 3.8) is 0 Å². The zero-order valence-electron chi connectivity index (χ0n) is 18.8. The van der Waals surface area contributed by atoms with Gasteiger partial charge in [-0.25, -0.2) is 9.78 Å². The van der Waals surface area contributed by atoms with Crippen LogP contribution in [0.5, 0.6) is 11.5 Å². The summed E-state index contributed by atoms with van der Waals surface area (Å²) in [6, 6.07) is 20.1. The van der Waals surface area contributed by atoms with E-state index >= 15 is 0 Å². The standard InChI is InChI=1S/C25H20N4O5S/c1-16-23(18-6-4-3-5-7-18)27-25(35-16)28-26-15-17-8-13-21(22(14-17)33-2)34-24(30)19-9-11-20(12-10-19)29(31)32/h3-15H,1-2H3,(H,27,28)/b26-15-. The molecule has 0 saturated carbocycles. The van der Waals surface area contributed by atoms with Gasteiger partial charge in [0, 0.05) is 22.6 Å². The first-order valence-electron chi connectivity index (χ1n) is 10.4. The molecule has 0 unspecified atom stereocenters. The normalized spacial score (nSPS) is 10.8. The van der Waals surface area contributed by atoms with Gasteiger partial charge < -0.3 is 9.47 Å². The van der Waals surface area contributed by atoms with Crippen molar-refractivity contribution in [1.82, 2.24) is 4.98 Å². The fourth-order valence-corrected chi connectivity index (χ4v) is 3.98. The minimum atomic E-state index is -0.658. The highest BCUT2D eigenvalue weighted by molar-refractivity contribution is 7.16. The predicted molar refractivity (Wildman–Crippen MR) is 135 cm³/mol. The molecule has 9 nitrogen and oxygen atoms in total. The number of hydrazone groups is 1. The van der Waals surface area contributed by atoms with Crippen LogP contribution >= 0.6 is 11.3 Å². The van der Waals surface area contributed by atoms with Gasteiger partial charge in [0.2, 0.25) is 5.13 Å². The van der Waals surface area contributed by atoms with Crippen LogP contribution in [0.1, 0.15) is 20.8 Å². The van der Waals surface area contributed by atoms with Crippen molar-refractivity contribution in [3.05, 3.63) is 98.9 Å². The van der Waals surface area contributed by atoms with E-state index < -0.39 is 10.9 Å². The molecule has 1 aromatic heterocycles. The van der Waals surface area contributed by atoms with E-state index in [0.29, 0.717) is 16.4 Å². The first-order chi connectivity index (χ1) is 16.9. The van der Waals surface area contributed by atoms with Crippen molar-refractivity contribution in [2.75, 3.05) is 12.5 Å². The van der Waals surface area contributed by atoms with Crippen molar-refractivity contribution < 1.29 is 19.2 Å². The number of carbonyl (C=O) groups is 1. The second-order valence-corrected chi connectivity index (χ2v) is 8.47. The quantitative estimate of drug-likeness (QED) is 0.111. The van der Waals surface area contributed by atoms with Gasteiger partial charge in [0.1, 0.15) is 0 Å². The molecular weight excluding hydrogens is 468 g/mol. The highest BCUT2D eigenvalue weighted by Crippen LogP contribution is 2.31. The number of carbonyl (C=O) groups excluding carboxylic acids is 1. The van der Waals surface area contributed by atoms with Gasteiger partial charge in [-0.15, -0.1) is 11.3 Å². The number of aromatic nitrogens is 1. The number of benzene rings is 3. The molecule has 0 amide bonds. The summed E-state index contributed by atoms with van der Waals surface area (Å²) in [6.45, 7) is 2.01. The Morgan fingerprint density at radius 2 is 1.83 bits per heavy atom. The van der Waals surface area contributed by atoms with Crippen LogP contribution in [0.15, 0.2) is 77.9 Å². The molecule has 0 bridgehead atoms. The van der Waals surface area contributed by atoms with Crippen LogP contribution in [0.4, 0.5) is 10.8 Å². The van der Waals surface area contributed by atoms with Gasteiger partial charge in [-0.2, -0.15) is 5.10 Å². The number of rotatable bonds is 8. The summed E-state index contributed by atoms with van der Waals surface area (Å²) in [5, 5.41) is 15.7. The predicted octanol–water partition coefficient (Wildman–Crippen LogP) is 5.70. The highest BCUT2D eigenvalue weighted by atomic mass is 32.1. The van der Waals surface area contributed by atoms with Gasteiger partial charge in [0.05, 0.1) is 29.5 Å². The first kappa shape index (κ1) is 23.6. The number of aryl methyl sites for hydroxylation is 1. The maximum absolute atomic E-state index is 12.4. The summed E-state index contributed by atoms with van der Waals surface area (Å²) >= 11 is 1.51. The number of thiazole rings is 1. The van der Waals surface area contributed by atoms with Crippen LogP contribution in [0, 0.1) is 17.0 Å². The largest absolute Gasteiger partial charge is 0.493 e. The number of esters is 1. The Labute approximate surface area is 204 Å². The fourth-order valence-electron chi connectivity index (χ4n) is 3.20. The first-order valence-corrected chi connectivity index (χ1v) is 11.2. The van der Waals surface area contributed by atoms with Crippen molar-refractivity contribution >= 4 is 34.3 Å². The Morgan fingerprint density at radius 1 is 1.09 bits per heavy atom. The number of hydrogen-bond acceptors (Lipinski definition) is 9. The van der Waals surface area contributed by atoms with Crippen molar-refractivity contribution in [3.8, 4) is 22.8 Å². The minimum absolute atomic E-state index is 0.111. The van der Waals surface area contributed by atoms with Crippen LogP contribution in [0.3, 0.4) is 0 Å². The Kier molecular flexibility index (Phi) is 7.12. The SMILES string of the molecule is COc1cc(/C=N\Nc2nc(-c3ccccc3)c(C)s2)ccc1OC(=O)c1ccc([N+](=O)[O-])cc1. The van der Waals surface area contributed by atoms with Gasteiger partial charge >= 0.3 is 5.97 Å². The van der Waals surface area contributed by atoms with E-state index in [4.69, 9.17) is 9.47 Å². The second-order valence-electron chi connectivity index (χ2n) is 7.26. The summed E-state index contributed by atoms with van der Waals surface area (Å²) < 4.78 is 10.8. The molecule has 35 heavy (non-hydrogen) atoms. The summed E-state index contributed by atoms with van der Waals surface area (Å²) in [6.07, 6.45) is 1.60. The molecule has 176 valence electrons. The lowest BCUT2D eigenvalue weighted by atomic mass is 10.1. The summed E-state index contributed by atoms with van der Waals surface area (Å²) in [7, 11) is 1.46. The fraction of sp³-hybridized carbons (Fsp3) is 0.0800. The molecule has 1 heterocycles. The molecule has 0 atom stereocenters. The molecule has 0 aliphatic rings. The number of nitrogens with zero attached hydrogens (tertiary/aromatic N) is 3. The number of anilines is 1. The monoisotopic (exact) mass is 488 g/mol. The molecule has 10 heteroatoms. The lowest BCUT2D eigenvalue weighted by Crippen LogP contribution is -2.09. The average molecular weight is 489 g/mol.